The Hall–Kier alpha value is -1.89. The zero-order valence-corrected chi connectivity index (χ0v) is 14.8. The summed E-state index contributed by atoms with van der Waals surface area (Å²) in [5.74, 6) is -0.0908. The van der Waals surface area contributed by atoms with E-state index in [4.69, 9.17) is 5.73 Å². The summed E-state index contributed by atoms with van der Waals surface area (Å²) < 4.78 is 0.972. The first kappa shape index (κ1) is 16.0. The van der Waals surface area contributed by atoms with Crippen LogP contribution >= 0.6 is 27.3 Å². The Labute approximate surface area is 146 Å². The first-order valence-corrected chi connectivity index (χ1v) is 8.59. The molecule has 6 heteroatoms. The summed E-state index contributed by atoms with van der Waals surface area (Å²) in [7, 11) is 0. The second kappa shape index (κ2) is 6.31. The van der Waals surface area contributed by atoms with E-state index in [2.05, 4.69) is 25.9 Å². The Balaban J connectivity index is 1.94. The van der Waals surface area contributed by atoms with Crippen molar-refractivity contribution in [2.45, 2.75) is 12.5 Å². The molecule has 116 valence electrons. The highest BCUT2D eigenvalue weighted by Gasteiger charge is 2.26. The van der Waals surface area contributed by atoms with E-state index >= 15 is 0 Å². The molecule has 4 nitrogen and oxygen atoms in total. The number of carbonyl (C=O) groups excluding carboxylic acids is 1. The van der Waals surface area contributed by atoms with Crippen LogP contribution in [0.1, 0.15) is 33.3 Å². The van der Waals surface area contributed by atoms with E-state index in [1.165, 1.54) is 30.1 Å². The monoisotopic (exact) mass is 387 g/mol. The maximum atomic E-state index is 12.5. The SMILES string of the molecule is C[C@](N)(c1cccc(Br)c1)c1csc(C(=O)c2cncnc2)c1. The van der Waals surface area contributed by atoms with Crippen molar-refractivity contribution in [1.82, 2.24) is 9.97 Å². The Bertz CT molecular complexity index is 846. The molecule has 0 spiro atoms. The van der Waals surface area contributed by atoms with Gasteiger partial charge in [0, 0.05) is 16.9 Å². The van der Waals surface area contributed by atoms with Crippen LogP contribution in [0, 0.1) is 0 Å². The molecular weight excluding hydrogens is 374 g/mol. The molecule has 2 N–H and O–H groups in total. The summed E-state index contributed by atoms with van der Waals surface area (Å²) in [4.78, 5) is 20.9. The fraction of sp³-hybridized carbons (Fsp3) is 0.118. The van der Waals surface area contributed by atoms with Crippen LogP contribution in [0.15, 0.2) is 58.9 Å². The third-order valence-electron chi connectivity index (χ3n) is 3.67. The van der Waals surface area contributed by atoms with Crippen LogP contribution < -0.4 is 5.73 Å². The molecule has 3 aromatic rings. The van der Waals surface area contributed by atoms with Gasteiger partial charge >= 0.3 is 0 Å². The molecule has 0 bridgehead atoms. The molecule has 0 aliphatic heterocycles. The van der Waals surface area contributed by atoms with Gasteiger partial charge in [-0.3, -0.25) is 4.79 Å². The van der Waals surface area contributed by atoms with Crippen LogP contribution in [0.5, 0.6) is 0 Å². The zero-order chi connectivity index (χ0) is 16.4. The number of thiophene rings is 1. The lowest BCUT2D eigenvalue weighted by Crippen LogP contribution is -2.33. The molecular formula is C17H14BrN3OS. The van der Waals surface area contributed by atoms with E-state index in [0.29, 0.717) is 10.4 Å². The Morgan fingerprint density at radius 3 is 2.65 bits per heavy atom. The van der Waals surface area contributed by atoms with Gasteiger partial charge < -0.3 is 5.73 Å². The summed E-state index contributed by atoms with van der Waals surface area (Å²) in [6.45, 7) is 1.94. The molecule has 23 heavy (non-hydrogen) atoms. The summed E-state index contributed by atoms with van der Waals surface area (Å²) in [5.41, 5.74) is 8.21. The molecule has 2 aromatic heterocycles. The number of ketones is 1. The minimum atomic E-state index is -0.675. The van der Waals surface area contributed by atoms with E-state index in [9.17, 15) is 4.79 Å². The van der Waals surface area contributed by atoms with Crippen LogP contribution in [0.2, 0.25) is 0 Å². The third-order valence-corrected chi connectivity index (χ3v) is 5.09. The molecule has 0 aliphatic carbocycles. The van der Waals surface area contributed by atoms with Gasteiger partial charge in [0.05, 0.1) is 16.0 Å². The van der Waals surface area contributed by atoms with Gasteiger partial charge in [-0.2, -0.15) is 0 Å². The van der Waals surface area contributed by atoms with Gasteiger partial charge in [0.2, 0.25) is 5.78 Å². The quantitative estimate of drug-likeness (QED) is 0.692. The molecule has 0 unspecified atom stereocenters. The molecule has 3 rings (SSSR count). The molecule has 0 amide bonds. The fourth-order valence-corrected chi connectivity index (χ4v) is 3.65. The molecule has 0 aliphatic rings. The van der Waals surface area contributed by atoms with E-state index in [1.807, 2.05) is 42.6 Å². The molecule has 0 saturated heterocycles. The van der Waals surface area contributed by atoms with E-state index in [0.717, 1.165) is 15.6 Å². The third kappa shape index (κ3) is 3.24. The average Bonchev–Trinajstić information content (AvgIpc) is 3.06. The lowest BCUT2D eigenvalue weighted by molar-refractivity contribution is 0.104. The van der Waals surface area contributed by atoms with Gasteiger partial charge in [0.1, 0.15) is 6.33 Å². The number of nitrogens with two attached hydrogens (primary N) is 1. The topological polar surface area (TPSA) is 68.9 Å². The number of benzene rings is 1. The Morgan fingerprint density at radius 2 is 1.96 bits per heavy atom. The lowest BCUT2D eigenvalue weighted by atomic mass is 9.87. The van der Waals surface area contributed by atoms with Gasteiger partial charge in [0.15, 0.2) is 0 Å². The maximum absolute atomic E-state index is 12.5. The van der Waals surface area contributed by atoms with Crippen molar-refractivity contribution in [2.24, 2.45) is 5.73 Å². The van der Waals surface area contributed by atoms with Crippen molar-refractivity contribution in [1.29, 1.82) is 0 Å². The van der Waals surface area contributed by atoms with Gasteiger partial charge in [-0.1, -0.05) is 28.1 Å². The highest BCUT2D eigenvalue weighted by atomic mass is 79.9. The average molecular weight is 388 g/mol. The minimum Gasteiger partial charge on any atom is -0.318 e. The van der Waals surface area contributed by atoms with Crippen LogP contribution in [0.3, 0.4) is 0 Å². The number of hydrogen-bond acceptors (Lipinski definition) is 5. The second-order valence-corrected chi connectivity index (χ2v) is 7.20. The summed E-state index contributed by atoms with van der Waals surface area (Å²) in [5, 5.41) is 1.93. The van der Waals surface area contributed by atoms with E-state index in [-0.39, 0.29) is 5.78 Å². The van der Waals surface area contributed by atoms with Crippen LogP contribution in [0.4, 0.5) is 0 Å². The first-order chi connectivity index (χ1) is 11.0. The van der Waals surface area contributed by atoms with E-state index < -0.39 is 5.54 Å². The minimum absolute atomic E-state index is 0.0908. The van der Waals surface area contributed by atoms with Crippen LogP contribution in [-0.4, -0.2) is 15.8 Å². The van der Waals surface area contributed by atoms with Crippen molar-refractivity contribution in [3.63, 3.8) is 0 Å². The van der Waals surface area contributed by atoms with Crippen LogP contribution in [0.25, 0.3) is 0 Å². The number of aromatic nitrogens is 2. The number of halogens is 1. The van der Waals surface area contributed by atoms with E-state index in [1.54, 1.807) is 0 Å². The number of carbonyl (C=O) groups is 1. The number of nitrogens with zero attached hydrogens (tertiary/aromatic N) is 2. The molecule has 1 aromatic carbocycles. The number of rotatable bonds is 4. The van der Waals surface area contributed by atoms with Crippen molar-refractivity contribution < 1.29 is 4.79 Å². The number of hydrogen-bond donors (Lipinski definition) is 1. The summed E-state index contributed by atoms with van der Waals surface area (Å²) in [6.07, 6.45) is 4.44. The highest BCUT2D eigenvalue weighted by molar-refractivity contribution is 9.10. The molecule has 0 fully saturated rings. The predicted molar refractivity (Wildman–Crippen MR) is 94.6 cm³/mol. The molecule has 1 atom stereocenters. The fourth-order valence-electron chi connectivity index (χ4n) is 2.26. The molecule has 0 saturated carbocycles. The predicted octanol–water partition coefficient (Wildman–Crippen LogP) is 3.75. The summed E-state index contributed by atoms with van der Waals surface area (Å²) in [6, 6.07) is 9.72. The van der Waals surface area contributed by atoms with Crippen molar-refractivity contribution >= 4 is 33.0 Å². The molecule has 0 radical (unpaired) electrons. The van der Waals surface area contributed by atoms with Crippen molar-refractivity contribution in [2.75, 3.05) is 0 Å². The Kier molecular flexibility index (Phi) is 4.39. The Morgan fingerprint density at radius 1 is 1.22 bits per heavy atom. The standard InChI is InChI=1S/C17H14BrN3OS/c1-17(19,12-3-2-4-14(18)5-12)13-6-15(23-9-13)16(22)11-7-20-10-21-8-11/h2-10H,19H2,1H3/t17-/m0/s1. The second-order valence-electron chi connectivity index (χ2n) is 5.37. The summed E-state index contributed by atoms with van der Waals surface area (Å²) >= 11 is 4.85. The van der Waals surface area contributed by atoms with Gasteiger partial charge in [-0.05, 0) is 41.6 Å². The first-order valence-electron chi connectivity index (χ1n) is 6.92. The van der Waals surface area contributed by atoms with Gasteiger partial charge in [0.25, 0.3) is 0 Å². The van der Waals surface area contributed by atoms with Gasteiger partial charge in [-0.25, -0.2) is 9.97 Å². The zero-order valence-electron chi connectivity index (χ0n) is 12.4. The maximum Gasteiger partial charge on any atom is 0.206 e. The molecule has 2 heterocycles. The smallest absolute Gasteiger partial charge is 0.206 e. The lowest BCUT2D eigenvalue weighted by Gasteiger charge is -2.24. The van der Waals surface area contributed by atoms with Crippen molar-refractivity contribution in [3.8, 4) is 0 Å². The highest BCUT2D eigenvalue weighted by Crippen LogP contribution is 2.32. The van der Waals surface area contributed by atoms with Crippen LogP contribution in [-0.2, 0) is 5.54 Å². The normalized spacial score (nSPS) is 13.5. The van der Waals surface area contributed by atoms with Gasteiger partial charge in [-0.15, -0.1) is 11.3 Å². The largest absolute Gasteiger partial charge is 0.318 e. The van der Waals surface area contributed by atoms with Crippen molar-refractivity contribution in [3.05, 3.63) is 80.5 Å².